The summed E-state index contributed by atoms with van der Waals surface area (Å²) in [4.78, 5) is 12.6. The number of ether oxygens (including phenoxy) is 2. The third-order valence-electron chi connectivity index (χ3n) is 4.15. The number of sulfone groups is 1. The van der Waals surface area contributed by atoms with E-state index >= 15 is 0 Å². The molecule has 3 rings (SSSR count). The molecule has 2 aromatic rings. The fraction of sp³-hybridized carbons (Fsp3) is 0.211. The Bertz CT molecular complexity index is 979. The highest BCUT2D eigenvalue weighted by atomic mass is 32.2. The first-order valence-corrected chi connectivity index (χ1v) is 9.56. The highest BCUT2D eigenvalue weighted by Crippen LogP contribution is 2.33. The Kier molecular flexibility index (Phi) is 4.99. The molecule has 0 radical (unpaired) electrons. The van der Waals surface area contributed by atoms with Gasteiger partial charge in [0.1, 0.15) is 0 Å². The zero-order chi connectivity index (χ0) is 18.7. The maximum atomic E-state index is 12.4. The van der Waals surface area contributed by atoms with Gasteiger partial charge in [0.05, 0.1) is 24.7 Å². The fourth-order valence-corrected chi connectivity index (χ4v) is 4.27. The predicted molar refractivity (Wildman–Crippen MR) is 97.9 cm³/mol. The number of hydrogen-bond acceptors (Lipinski definition) is 5. The van der Waals surface area contributed by atoms with Crippen LogP contribution in [-0.2, 0) is 21.1 Å². The second-order valence-electron chi connectivity index (χ2n) is 5.77. The van der Waals surface area contributed by atoms with E-state index < -0.39 is 15.7 Å². The largest absolute Gasteiger partial charge is 0.493 e. The molecular weight excluding hydrogens is 354 g/mol. The molecule has 1 heterocycles. The summed E-state index contributed by atoms with van der Waals surface area (Å²) >= 11 is 0. The molecule has 26 heavy (non-hydrogen) atoms. The number of rotatable bonds is 6. The van der Waals surface area contributed by atoms with E-state index in [1.54, 1.807) is 38.5 Å². The molecule has 1 aliphatic heterocycles. The molecule has 0 atom stereocenters. The van der Waals surface area contributed by atoms with E-state index in [1.165, 1.54) is 6.07 Å². The molecule has 1 amide bonds. The van der Waals surface area contributed by atoms with E-state index in [1.807, 2.05) is 12.1 Å². The van der Waals surface area contributed by atoms with Crippen LogP contribution in [0.15, 0.2) is 52.8 Å². The van der Waals surface area contributed by atoms with Crippen molar-refractivity contribution in [1.82, 2.24) is 5.32 Å². The van der Waals surface area contributed by atoms with Crippen LogP contribution in [0.1, 0.15) is 11.1 Å². The van der Waals surface area contributed by atoms with Crippen molar-refractivity contribution in [3.63, 3.8) is 0 Å². The van der Waals surface area contributed by atoms with Gasteiger partial charge in [-0.25, -0.2) is 8.42 Å². The average molecular weight is 373 g/mol. The standard InChI is InChI=1S/C19H19NO5S/c1-24-16-8-7-13(11-17(16)25-2)9-10-20-19(21)15-12-26(22,23)18-6-4-3-5-14(15)18/h3-8,11-12H,9-10H2,1-2H3,(H,20,21). The van der Waals surface area contributed by atoms with Gasteiger partial charge >= 0.3 is 0 Å². The van der Waals surface area contributed by atoms with E-state index in [-0.39, 0.29) is 10.5 Å². The van der Waals surface area contributed by atoms with Crippen molar-refractivity contribution in [2.45, 2.75) is 11.3 Å². The summed E-state index contributed by atoms with van der Waals surface area (Å²) in [6, 6.07) is 12.0. The van der Waals surface area contributed by atoms with Crippen LogP contribution in [-0.4, -0.2) is 35.1 Å². The van der Waals surface area contributed by atoms with Crippen molar-refractivity contribution in [1.29, 1.82) is 0 Å². The third kappa shape index (κ3) is 3.43. The Hall–Kier alpha value is -2.80. The summed E-state index contributed by atoms with van der Waals surface area (Å²) < 4.78 is 34.7. The van der Waals surface area contributed by atoms with E-state index in [0.29, 0.717) is 30.0 Å². The number of carbonyl (C=O) groups excluding carboxylic acids is 1. The second kappa shape index (κ2) is 7.21. The second-order valence-corrected chi connectivity index (χ2v) is 7.53. The number of nitrogens with one attached hydrogen (secondary N) is 1. The number of benzene rings is 2. The fourth-order valence-electron chi connectivity index (χ4n) is 2.85. The molecule has 6 nitrogen and oxygen atoms in total. The first kappa shape index (κ1) is 18.0. The normalized spacial score (nSPS) is 14.3. The lowest BCUT2D eigenvalue weighted by Gasteiger charge is -2.10. The van der Waals surface area contributed by atoms with E-state index in [4.69, 9.17) is 9.47 Å². The molecule has 0 bridgehead atoms. The van der Waals surface area contributed by atoms with Gasteiger partial charge in [0.25, 0.3) is 5.91 Å². The van der Waals surface area contributed by atoms with Crippen LogP contribution in [0.5, 0.6) is 11.5 Å². The SMILES string of the molecule is COc1ccc(CCNC(=O)C2=CS(=O)(=O)c3ccccc32)cc1OC. The molecule has 136 valence electrons. The molecule has 0 fully saturated rings. The summed E-state index contributed by atoms with van der Waals surface area (Å²) in [6.45, 7) is 0.369. The molecular formula is C19H19NO5S. The van der Waals surface area contributed by atoms with Crippen LogP contribution >= 0.6 is 0 Å². The first-order chi connectivity index (χ1) is 12.5. The van der Waals surface area contributed by atoms with Crippen LogP contribution in [0.2, 0.25) is 0 Å². The smallest absolute Gasteiger partial charge is 0.252 e. The zero-order valence-electron chi connectivity index (χ0n) is 14.5. The van der Waals surface area contributed by atoms with Crippen LogP contribution in [0.3, 0.4) is 0 Å². The van der Waals surface area contributed by atoms with Crippen molar-refractivity contribution < 1.29 is 22.7 Å². The zero-order valence-corrected chi connectivity index (χ0v) is 15.3. The average Bonchev–Trinajstić information content (AvgIpc) is 2.93. The lowest BCUT2D eigenvalue weighted by Crippen LogP contribution is -2.26. The summed E-state index contributed by atoms with van der Waals surface area (Å²) in [6.07, 6.45) is 0.577. The van der Waals surface area contributed by atoms with Gasteiger partial charge in [-0.2, -0.15) is 0 Å². The highest BCUT2D eigenvalue weighted by molar-refractivity contribution is 7.95. The van der Waals surface area contributed by atoms with Crippen molar-refractivity contribution in [2.75, 3.05) is 20.8 Å². The molecule has 2 aromatic carbocycles. The predicted octanol–water partition coefficient (Wildman–Crippen LogP) is 2.19. The maximum absolute atomic E-state index is 12.4. The Balaban J connectivity index is 1.67. The summed E-state index contributed by atoms with van der Waals surface area (Å²) in [5.41, 5.74) is 1.58. The van der Waals surface area contributed by atoms with Crippen LogP contribution in [0.25, 0.3) is 5.57 Å². The van der Waals surface area contributed by atoms with Crippen LogP contribution in [0, 0.1) is 0 Å². The van der Waals surface area contributed by atoms with Gasteiger partial charge in [-0.1, -0.05) is 24.3 Å². The Morgan fingerprint density at radius 1 is 1.04 bits per heavy atom. The molecule has 0 saturated carbocycles. The lowest BCUT2D eigenvalue weighted by atomic mass is 10.1. The van der Waals surface area contributed by atoms with Crippen molar-refractivity contribution in [3.8, 4) is 11.5 Å². The molecule has 0 aliphatic carbocycles. The van der Waals surface area contributed by atoms with Gasteiger partial charge in [0.2, 0.25) is 9.84 Å². The molecule has 0 saturated heterocycles. The minimum absolute atomic E-state index is 0.171. The minimum atomic E-state index is -3.55. The maximum Gasteiger partial charge on any atom is 0.252 e. The third-order valence-corrected chi connectivity index (χ3v) is 5.66. The number of amides is 1. The lowest BCUT2D eigenvalue weighted by molar-refractivity contribution is -0.115. The van der Waals surface area contributed by atoms with Gasteiger partial charge in [-0.05, 0) is 30.2 Å². The van der Waals surface area contributed by atoms with Crippen LogP contribution < -0.4 is 14.8 Å². The first-order valence-electron chi connectivity index (χ1n) is 8.01. The summed E-state index contributed by atoms with van der Waals surface area (Å²) in [5, 5.41) is 3.81. The summed E-state index contributed by atoms with van der Waals surface area (Å²) in [5.74, 6) is 0.854. The minimum Gasteiger partial charge on any atom is -0.493 e. The molecule has 1 N–H and O–H groups in total. The monoisotopic (exact) mass is 373 g/mol. The van der Waals surface area contributed by atoms with Crippen LogP contribution in [0.4, 0.5) is 0 Å². The number of fused-ring (bicyclic) bond motifs is 1. The number of carbonyl (C=O) groups is 1. The molecule has 7 heteroatoms. The molecule has 0 spiro atoms. The van der Waals surface area contributed by atoms with Gasteiger partial charge in [-0.15, -0.1) is 0 Å². The number of hydrogen-bond donors (Lipinski definition) is 1. The van der Waals surface area contributed by atoms with Gasteiger partial charge in [-0.3, -0.25) is 4.79 Å². The molecule has 1 aliphatic rings. The van der Waals surface area contributed by atoms with Gasteiger partial charge in [0.15, 0.2) is 11.5 Å². The molecule has 0 unspecified atom stereocenters. The molecule has 0 aromatic heterocycles. The van der Waals surface area contributed by atoms with E-state index in [2.05, 4.69) is 5.32 Å². The topological polar surface area (TPSA) is 81.7 Å². The number of methoxy groups -OCH3 is 2. The Labute approximate surface area is 152 Å². The van der Waals surface area contributed by atoms with Crippen molar-refractivity contribution in [2.24, 2.45) is 0 Å². The highest BCUT2D eigenvalue weighted by Gasteiger charge is 2.29. The van der Waals surface area contributed by atoms with Crippen molar-refractivity contribution >= 4 is 21.3 Å². The quantitative estimate of drug-likeness (QED) is 0.839. The van der Waals surface area contributed by atoms with Crippen molar-refractivity contribution in [3.05, 3.63) is 59.0 Å². The van der Waals surface area contributed by atoms with E-state index in [0.717, 1.165) is 11.0 Å². The van der Waals surface area contributed by atoms with Gasteiger partial charge < -0.3 is 14.8 Å². The van der Waals surface area contributed by atoms with E-state index in [9.17, 15) is 13.2 Å². The Morgan fingerprint density at radius 2 is 1.77 bits per heavy atom. The van der Waals surface area contributed by atoms with Gasteiger partial charge in [0, 0.05) is 17.5 Å². The summed E-state index contributed by atoms with van der Waals surface area (Å²) in [7, 11) is -0.415. The Morgan fingerprint density at radius 3 is 2.50 bits per heavy atom.